The highest BCUT2D eigenvalue weighted by molar-refractivity contribution is 8.23. The average Bonchev–Trinajstić information content (AvgIpc) is 3.18. The van der Waals surface area contributed by atoms with E-state index >= 15 is 0 Å². The molecule has 0 aromatic heterocycles. The van der Waals surface area contributed by atoms with Crippen LogP contribution < -0.4 is 5.32 Å². The topological polar surface area (TPSA) is 32.3 Å². The largest absolute Gasteiger partial charge is 0.357 e. The Bertz CT molecular complexity index is 792. The first-order valence-electron chi connectivity index (χ1n) is 8.62. The highest BCUT2D eigenvalue weighted by atomic mass is 35.5. The number of nitrogens with zero attached hydrogens (tertiary/aromatic N) is 1. The van der Waals surface area contributed by atoms with E-state index < -0.39 is 5.25 Å². The van der Waals surface area contributed by atoms with E-state index in [1.165, 1.54) is 11.8 Å². The number of nitrogens with one attached hydrogen (secondary N) is 1. The molecule has 136 valence electrons. The van der Waals surface area contributed by atoms with Crippen LogP contribution in [0.15, 0.2) is 48.5 Å². The molecule has 0 saturated carbocycles. The van der Waals surface area contributed by atoms with Crippen molar-refractivity contribution in [3.63, 3.8) is 0 Å². The van der Waals surface area contributed by atoms with E-state index in [1.807, 2.05) is 49.4 Å². The third-order valence-corrected chi connectivity index (χ3v) is 6.50. The van der Waals surface area contributed by atoms with Crippen LogP contribution in [0, 0.1) is 6.92 Å². The summed E-state index contributed by atoms with van der Waals surface area (Å²) in [5, 5.41) is 3.22. The van der Waals surface area contributed by atoms with Gasteiger partial charge >= 0.3 is 0 Å². The molecule has 1 N–H and O–H groups in total. The van der Waals surface area contributed by atoms with Gasteiger partial charge in [-0.2, -0.15) is 0 Å². The van der Waals surface area contributed by atoms with Crippen LogP contribution in [-0.2, 0) is 4.79 Å². The van der Waals surface area contributed by atoms with Gasteiger partial charge in [0.1, 0.15) is 9.57 Å². The number of hydrogen-bond acceptors (Lipinski definition) is 3. The van der Waals surface area contributed by atoms with Gasteiger partial charge in [-0.25, -0.2) is 0 Å². The molecule has 0 bridgehead atoms. The van der Waals surface area contributed by atoms with Crippen molar-refractivity contribution < 1.29 is 4.79 Å². The zero-order chi connectivity index (χ0) is 18.5. The Morgan fingerprint density at radius 1 is 1.19 bits per heavy atom. The summed E-state index contributed by atoms with van der Waals surface area (Å²) >= 11 is 13.2. The Kier molecular flexibility index (Phi) is 6.57. The van der Waals surface area contributed by atoms with E-state index in [0.717, 1.165) is 41.4 Å². The summed E-state index contributed by atoms with van der Waals surface area (Å²) in [6, 6.07) is 15.3. The lowest BCUT2D eigenvalue weighted by Gasteiger charge is -2.23. The van der Waals surface area contributed by atoms with Crippen molar-refractivity contribution in [2.45, 2.75) is 25.0 Å². The minimum atomic E-state index is -0.399. The molecule has 1 aliphatic heterocycles. The quantitative estimate of drug-likeness (QED) is 0.687. The van der Waals surface area contributed by atoms with Crippen molar-refractivity contribution in [3.05, 3.63) is 64.7 Å². The van der Waals surface area contributed by atoms with Gasteiger partial charge in [0, 0.05) is 23.8 Å². The monoisotopic (exact) mass is 404 g/mol. The molecule has 1 atom stereocenters. The number of hydrogen-bond donors (Lipinski definition) is 1. The van der Waals surface area contributed by atoms with E-state index in [1.54, 1.807) is 6.07 Å². The Labute approximate surface area is 169 Å². The molecule has 1 fully saturated rings. The third-order valence-electron chi connectivity index (χ3n) is 4.36. The van der Waals surface area contributed by atoms with E-state index in [0.29, 0.717) is 10.7 Å². The maximum atomic E-state index is 13.0. The van der Waals surface area contributed by atoms with Gasteiger partial charge in [-0.15, -0.1) is 0 Å². The zero-order valence-electron chi connectivity index (χ0n) is 14.6. The molecule has 2 aromatic carbocycles. The summed E-state index contributed by atoms with van der Waals surface area (Å²) in [6.07, 6.45) is 2.32. The van der Waals surface area contributed by atoms with E-state index in [2.05, 4.69) is 10.2 Å². The summed E-state index contributed by atoms with van der Waals surface area (Å²) in [7, 11) is 0. The molecule has 1 heterocycles. The number of thioether (sulfide) groups is 1. The molecule has 3 rings (SSSR count). The standard InChI is InChI=1S/C20H21ClN2OS2/c1-14-9-10-16(13-17(14)21)22-19(24)18(15-7-3-2-4-8-15)26-20(25)23-11-5-6-12-23/h2-4,7-10,13,18H,5-6,11-12H2,1H3,(H,22,24). The molecular formula is C20H21ClN2OS2. The van der Waals surface area contributed by atoms with Gasteiger partial charge in [-0.1, -0.05) is 72.0 Å². The van der Waals surface area contributed by atoms with Crippen molar-refractivity contribution >= 4 is 51.5 Å². The van der Waals surface area contributed by atoms with E-state index in [9.17, 15) is 4.79 Å². The van der Waals surface area contributed by atoms with Crippen LogP contribution >= 0.6 is 35.6 Å². The molecule has 1 amide bonds. The lowest BCUT2D eigenvalue weighted by molar-refractivity contribution is -0.115. The number of rotatable bonds is 4. The van der Waals surface area contributed by atoms with Gasteiger partial charge in [0.2, 0.25) is 5.91 Å². The number of carbonyl (C=O) groups is 1. The normalized spacial score (nSPS) is 14.9. The van der Waals surface area contributed by atoms with Crippen LogP contribution in [-0.4, -0.2) is 28.2 Å². The second-order valence-electron chi connectivity index (χ2n) is 6.32. The van der Waals surface area contributed by atoms with E-state index in [4.69, 9.17) is 23.8 Å². The number of benzene rings is 2. The maximum absolute atomic E-state index is 13.0. The molecule has 0 spiro atoms. The smallest absolute Gasteiger partial charge is 0.242 e. The minimum Gasteiger partial charge on any atom is -0.357 e. The Hall–Kier alpha value is -1.56. The van der Waals surface area contributed by atoms with Gasteiger partial charge in [0.15, 0.2) is 0 Å². The molecule has 3 nitrogen and oxygen atoms in total. The van der Waals surface area contributed by atoms with Gasteiger partial charge in [0.05, 0.1) is 0 Å². The third kappa shape index (κ3) is 4.78. The van der Waals surface area contributed by atoms with Gasteiger partial charge < -0.3 is 10.2 Å². The van der Waals surface area contributed by atoms with Crippen LogP contribution in [0.4, 0.5) is 5.69 Å². The van der Waals surface area contributed by atoms with Gasteiger partial charge in [-0.05, 0) is 43.0 Å². The second-order valence-corrected chi connectivity index (χ2v) is 8.47. The highest BCUT2D eigenvalue weighted by Gasteiger charge is 2.26. The lowest BCUT2D eigenvalue weighted by Crippen LogP contribution is -2.27. The minimum absolute atomic E-state index is 0.0948. The predicted octanol–water partition coefficient (Wildman–Crippen LogP) is 5.44. The molecule has 26 heavy (non-hydrogen) atoms. The molecule has 0 aliphatic carbocycles. The number of thiocarbonyl (C=S) groups is 1. The maximum Gasteiger partial charge on any atom is 0.242 e. The average molecular weight is 405 g/mol. The molecule has 6 heteroatoms. The number of carbonyl (C=O) groups excluding carboxylic acids is 1. The van der Waals surface area contributed by atoms with Crippen LogP contribution in [0.3, 0.4) is 0 Å². The molecule has 1 unspecified atom stereocenters. The van der Waals surface area contributed by atoms with Crippen LogP contribution in [0.1, 0.15) is 29.2 Å². The summed E-state index contributed by atoms with van der Waals surface area (Å²) in [5.41, 5.74) is 2.61. The fourth-order valence-corrected chi connectivity index (χ4v) is 4.50. The first kappa shape index (κ1) is 19.2. The summed E-state index contributed by atoms with van der Waals surface area (Å²) in [4.78, 5) is 15.2. The number of aryl methyl sites for hydroxylation is 1. The second kappa shape index (κ2) is 8.89. The predicted molar refractivity (Wildman–Crippen MR) is 115 cm³/mol. The SMILES string of the molecule is Cc1ccc(NC(=O)C(SC(=S)N2CCCC2)c2ccccc2)cc1Cl. The van der Waals surface area contributed by atoms with Crippen molar-refractivity contribution in [2.24, 2.45) is 0 Å². The first-order chi connectivity index (χ1) is 12.5. The highest BCUT2D eigenvalue weighted by Crippen LogP contribution is 2.33. The van der Waals surface area contributed by atoms with Gasteiger partial charge in [-0.3, -0.25) is 4.79 Å². The summed E-state index contributed by atoms with van der Waals surface area (Å²) in [5.74, 6) is -0.0948. The summed E-state index contributed by atoms with van der Waals surface area (Å²) in [6.45, 7) is 3.89. The first-order valence-corrected chi connectivity index (χ1v) is 10.3. The number of likely N-dealkylation sites (tertiary alicyclic amines) is 1. The molecule has 1 saturated heterocycles. The molecule has 2 aromatic rings. The Morgan fingerprint density at radius 2 is 1.88 bits per heavy atom. The van der Waals surface area contributed by atoms with Crippen molar-refractivity contribution in [1.82, 2.24) is 4.90 Å². The number of amides is 1. The number of anilines is 1. The lowest BCUT2D eigenvalue weighted by atomic mass is 10.1. The van der Waals surface area contributed by atoms with Gasteiger partial charge in [0.25, 0.3) is 0 Å². The molecule has 1 aliphatic rings. The van der Waals surface area contributed by atoms with Crippen LogP contribution in [0.2, 0.25) is 5.02 Å². The Morgan fingerprint density at radius 3 is 2.54 bits per heavy atom. The molecule has 0 radical (unpaired) electrons. The van der Waals surface area contributed by atoms with Crippen molar-refractivity contribution in [2.75, 3.05) is 18.4 Å². The van der Waals surface area contributed by atoms with Crippen LogP contribution in [0.25, 0.3) is 0 Å². The van der Waals surface area contributed by atoms with Crippen molar-refractivity contribution in [3.8, 4) is 0 Å². The Balaban J connectivity index is 1.78. The fraction of sp³-hybridized carbons (Fsp3) is 0.300. The molecular weight excluding hydrogens is 384 g/mol. The van der Waals surface area contributed by atoms with E-state index in [-0.39, 0.29) is 5.91 Å². The zero-order valence-corrected chi connectivity index (χ0v) is 17.0. The fourth-order valence-electron chi connectivity index (χ4n) is 2.85. The van der Waals surface area contributed by atoms with Crippen LogP contribution in [0.5, 0.6) is 0 Å². The number of halogens is 1. The summed E-state index contributed by atoms with van der Waals surface area (Å²) < 4.78 is 0.786. The van der Waals surface area contributed by atoms with Crippen molar-refractivity contribution in [1.29, 1.82) is 0 Å².